The van der Waals surface area contributed by atoms with Crippen LogP contribution in [0.25, 0.3) is 0 Å². The van der Waals surface area contributed by atoms with Gasteiger partial charge in [0, 0.05) is 11.6 Å². The molecule has 0 aliphatic carbocycles. The highest BCUT2D eigenvalue weighted by molar-refractivity contribution is 6.49. The first-order valence-corrected chi connectivity index (χ1v) is 8.68. The Hall–Kier alpha value is 0.340. The number of benzene rings is 1. The maximum absolute atomic E-state index is 6.26. The lowest BCUT2D eigenvalue weighted by molar-refractivity contribution is 0.308. The van der Waals surface area contributed by atoms with E-state index >= 15 is 0 Å². The average molecular weight is 371 g/mol. The molecule has 0 radical (unpaired) electrons. The minimum Gasteiger partial charge on any atom is -0.316 e. The van der Waals surface area contributed by atoms with Gasteiger partial charge in [-0.2, -0.15) is 0 Å². The number of rotatable bonds is 7. The molecular formula is C16H23Cl4N. The Morgan fingerprint density at radius 3 is 2.24 bits per heavy atom. The molecule has 0 saturated heterocycles. The molecule has 1 rings (SSSR count). The van der Waals surface area contributed by atoms with E-state index in [1.54, 1.807) is 6.07 Å². The van der Waals surface area contributed by atoms with Gasteiger partial charge in [0.25, 0.3) is 0 Å². The van der Waals surface area contributed by atoms with Gasteiger partial charge < -0.3 is 5.32 Å². The summed E-state index contributed by atoms with van der Waals surface area (Å²) in [5.41, 5.74) is 1.04. The third-order valence-corrected chi connectivity index (χ3v) is 5.06. The van der Waals surface area contributed by atoms with Crippen molar-refractivity contribution in [2.75, 3.05) is 13.1 Å². The molecular weight excluding hydrogens is 348 g/mol. The van der Waals surface area contributed by atoms with Crippen LogP contribution in [-0.4, -0.2) is 13.1 Å². The Labute approximate surface area is 148 Å². The van der Waals surface area contributed by atoms with Crippen LogP contribution in [0.5, 0.6) is 0 Å². The third-order valence-electron chi connectivity index (χ3n) is 3.42. The van der Waals surface area contributed by atoms with Crippen LogP contribution in [0.15, 0.2) is 6.07 Å². The van der Waals surface area contributed by atoms with Crippen molar-refractivity contribution in [3.05, 3.63) is 31.7 Å². The molecule has 0 atom stereocenters. The Kier molecular flexibility index (Phi) is 7.63. The van der Waals surface area contributed by atoms with Crippen molar-refractivity contribution >= 4 is 46.4 Å². The molecule has 1 N–H and O–H groups in total. The van der Waals surface area contributed by atoms with Crippen LogP contribution >= 0.6 is 46.4 Å². The first-order chi connectivity index (χ1) is 9.64. The fraction of sp³-hybridized carbons (Fsp3) is 0.625. The maximum Gasteiger partial charge on any atom is 0.0782 e. The molecule has 1 nitrogen and oxygen atoms in total. The van der Waals surface area contributed by atoms with E-state index in [1.165, 1.54) is 0 Å². The largest absolute Gasteiger partial charge is 0.316 e. The van der Waals surface area contributed by atoms with Crippen molar-refractivity contribution in [3.8, 4) is 0 Å². The molecule has 0 amide bonds. The van der Waals surface area contributed by atoms with Gasteiger partial charge in [-0.3, -0.25) is 0 Å². The zero-order valence-corrected chi connectivity index (χ0v) is 16.0. The van der Waals surface area contributed by atoms with Crippen molar-refractivity contribution in [2.24, 2.45) is 11.3 Å². The van der Waals surface area contributed by atoms with Crippen molar-refractivity contribution in [1.82, 2.24) is 5.32 Å². The van der Waals surface area contributed by atoms with Crippen LogP contribution in [0, 0.1) is 11.3 Å². The van der Waals surface area contributed by atoms with Crippen molar-refractivity contribution in [2.45, 2.75) is 40.5 Å². The lowest BCUT2D eigenvalue weighted by atomic mass is 9.86. The lowest BCUT2D eigenvalue weighted by Crippen LogP contribution is -2.32. The second kappa shape index (κ2) is 8.26. The predicted octanol–water partition coefficient (Wildman–Crippen LogP) is 6.50. The summed E-state index contributed by atoms with van der Waals surface area (Å²) >= 11 is 24.6. The fourth-order valence-electron chi connectivity index (χ4n) is 2.08. The topological polar surface area (TPSA) is 12.0 Å². The molecule has 0 saturated carbocycles. The second-order valence-electron chi connectivity index (χ2n) is 6.64. The van der Waals surface area contributed by atoms with Gasteiger partial charge in [-0.05, 0) is 42.3 Å². The second-order valence-corrected chi connectivity index (χ2v) is 8.21. The van der Waals surface area contributed by atoms with Crippen LogP contribution in [0.1, 0.15) is 39.7 Å². The number of hydrogen-bond acceptors (Lipinski definition) is 1. The molecule has 0 heterocycles. The summed E-state index contributed by atoms with van der Waals surface area (Å²) in [6.07, 6.45) is 1.75. The van der Waals surface area contributed by atoms with Gasteiger partial charge in [-0.15, -0.1) is 0 Å². The average Bonchev–Trinajstić information content (AvgIpc) is 2.35. The van der Waals surface area contributed by atoms with E-state index in [0.717, 1.165) is 31.5 Å². The number of nitrogens with one attached hydrogen (secondary N) is 1. The number of halogens is 4. The molecule has 0 spiro atoms. The first kappa shape index (κ1) is 19.4. The summed E-state index contributed by atoms with van der Waals surface area (Å²) < 4.78 is 0. The number of hydrogen-bond donors (Lipinski definition) is 1. The van der Waals surface area contributed by atoms with Crippen molar-refractivity contribution in [3.63, 3.8) is 0 Å². The molecule has 0 aliphatic heterocycles. The highest BCUT2D eigenvalue weighted by Gasteiger charge is 2.20. The Morgan fingerprint density at radius 2 is 1.67 bits per heavy atom. The normalized spacial score (nSPS) is 12.2. The van der Waals surface area contributed by atoms with Gasteiger partial charge in [0.15, 0.2) is 0 Å². The monoisotopic (exact) mass is 369 g/mol. The molecule has 0 aromatic heterocycles. The smallest absolute Gasteiger partial charge is 0.0782 e. The fourth-order valence-corrected chi connectivity index (χ4v) is 3.21. The van der Waals surface area contributed by atoms with Gasteiger partial charge in [0.2, 0.25) is 0 Å². The van der Waals surface area contributed by atoms with Gasteiger partial charge in [-0.1, -0.05) is 74.1 Å². The Bertz CT molecular complexity index is 484. The molecule has 0 aliphatic rings. The first-order valence-electron chi connectivity index (χ1n) is 7.16. The summed E-state index contributed by atoms with van der Waals surface area (Å²) in [4.78, 5) is 0. The third kappa shape index (κ3) is 6.15. The Morgan fingerprint density at radius 1 is 1.05 bits per heavy atom. The van der Waals surface area contributed by atoms with Gasteiger partial charge >= 0.3 is 0 Å². The maximum atomic E-state index is 6.26. The van der Waals surface area contributed by atoms with E-state index in [0.29, 0.717) is 26.0 Å². The highest BCUT2D eigenvalue weighted by atomic mass is 35.5. The van der Waals surface area contributed by atoms with E-state index < -0.39 is 0 Å². The van der Waals surface area contributed by atoms with E-state index in [4.69, 9.17) is 46.4 Å². The van der Waals surface area contributed by atoms with Gasteiger partial charge in [0.05, 0.1) is 15.1 Å². The summed E-state index contributed by atoms with van der Waals surface area (Å²) in [6.45, 7) is 10.9. The van der Waals surface area contributed by atoms with Crippen LogP contribution in [0.4, 0.5) is 0 Å². The summed E-state index contributed by atoms with van der Waals surface area (Å²) in [5, 5.41) is 5.33. The van der Waals surface area contributed by atoms with Crippen LogP contribution < -0.4 is 5.32 Å². The molecule has 0 bridgehead atoms. The summed E-state index contributed by atoms with van der Waals surface area (Å²) in [7, 11) is 0. The summed E-state index contributed by atoms with van der Waals surface area (Å²) in [5.74, 6) is 0.653. The molecule has 21 heavy (non-hydrogen) atoms. The van der Waals surface area contributed by atoms with Gasteiger partial charge in [-0.25, -0.2) is 0 Å². The molecule has 1 aromatic carbocycles. The van der Waals surface area contributed by atoms with Crippen molar-refractivity contribution in [1.29, 1.82) is 0 Å². The highest BCUT2D eigenvalue weighted by Crippen LogP contribution is 2.39. The summed E-state index contributed by atoms with van der Waals surface area (Å²) in [6, 6.07) is 1.66. The molecule has 5 heteroatoms. The van der Waals surface area contributed by atoms with Crippen molar-refractivity contribution < 1.29 is 0 Å². The van der Waals surface area contributed by atoms with E-state index in [-0.39, 0.29) is 5.41 Å². The van der Waals surface area contributed by atoms with E-state index in [2.05, 4.69) is 33.0 Å². The van der Waals surface area contributed by atoms with Crippen LogP contribution in [0.2, 0.25) is 20.1 Å². The Balaban J connectivity index is 2.68. The molecule has 0 unspecified atom stereocenters. The molecule has 0 fully saturated rings. The zero-order chi connectivity index (χ0) is 16.2. The zero-order valence-electron chi connectivity index (χ0n) is 13.0. The minimum atomic E-state index is 0.160. The van der Waals surface area contributed by atoms with E-state index in [1.807, 2.05) is 0 Å². The van der Waals surface area contributed by atoms with Crippen LogP contribution in [-0.2, 0) is 6.42 Å². The predicted molar refractivity (Wildman–Crippen MR) is 96.3 cm³/mol. The SMILES string of the molecule is CC(C)CNCC(C)(C)CCc1c(Cl)cc(Cl)c(Cl)c1Cl. The molecule has 120 valence electrons. The quantitative estimate of drug-likeness (QED) is 0.426. The minimum absolute atomic E-state index is 0.160. The molecule has 1 aromatic rings. The lowest BCUT2D eigenvalue weighted by Gasteiger charge is -2.26. The van der Waals surface area contributed by atoms with Gasteiger partial charge in [0.1, 0.15) is 0 Å². The van der Waals surface area contributed by atoms with Crippen LogP contribution in [0.3, 0.4) is 0 Å². The van der Waals surface area contributed by atoms with E-state index in [9.17, 15) is 0 Å². The standard InChI is InChI=1S/C16H23Cl4N/c1-10(2)8-21-9-16(3,4)6-5-11-12(17)7-13(18)15(20)14(11)19/h7,10,21H,5-6,8-9H2,1-4H3.